The van der Waals surface area contributed by atoms with Crippen LogP contribution in [0.2, 0.25) is 10.0 Å². The van der Waals surface area contributed by atoms with E-state index in [1.807, 2.05) is 12.1 Å². The number of nitrogens with one attached hydrogen (secondary N) is 1. The van der Waals surface area contributed by atoms with E-state index in [1.54, 1.807) is 0 Å². The van der Waals surface area contributed by atoms with Crippen molar-refractivity contribution in [3.8, 4) is 0 Å². The lowest BCUT2D eigenvalue weighted by molar-refractivity contribution is 0.111. The normalized spacial score (nSPS) is 30.7. The topological polar surface area (TPSA) is 12.0 Å². The molecule has 0 heterocycles. The molecular weight excluding hydrogens is 301 g/mol. The number of benzene rings is 1. The molecular formula is C18H25Cl2N. The van der Waals surface area contributed by atoms with Crippen molar-refractivity contribution in [3.05, 3.63) is 33.8 Å². The first-order valence-corrected chi connectivity index (χ1v) is 9.07. The molecule has 0 spiro atoms. The minimum atomic E-state index is 0.405. The number of rotatable bonds is 3. The Bertz CT molecular complexity index is 488. The third kappa shape index (κ3) is 3.41. The Labute approximate surface area is 138 Å². The Kier molecular flexibility index (Phi) is 5.14. The van der Waals surface area contributed by atoms with Gasteiger partial charge < -0.3 is 5.32 Å². The van der Waals surface area contributed by atoms with Gasteiger partial charge >= 0.3 is 0 Å². The van der Waals surface area contributed by atoms with Crippen LogP contribution in [0.15, 0.2) is 18.2 Å². The zero-order valence-corrected chi connectivity index (χ0v) is 14.3. The molecule has 2 fully saturated rings. The Morgan fingerprint density at radius 2 is 1.76 bits per heavy atom. The van der Waals surface area contributed by atoms with Gasteiger partial charge in [0.1, 0.15) is 0 Å². The van der Waals surface area contributed by atoms with E-state index < -0.39 is 0 Å². The van der Waals surface area contributed by atoms with Gasteiger partial charge in [0.05, 0.1) is 10.0 Å². The molecule has 0 radical (unpaired) electrons. The zero-order chi connectivity index (χ0) is 14.8. The quantitative estimate of drug-likeness (QED) is 0.733. The SMILES string of the molecule is CNC(c1ccc(Cl)c(Cl)c1)C1CCC2CCCCC2C1. The van der Waals surface area contributed by atoms with E-state index >= 15 is 0 Å². The lowest BCUT2D eigenvalue weighted by atomic mass is 9.65. The fourth-order valence-corrected chi connectivity index (χ4v) is 4.90. The molecule has 116 valence electrons. The second-order valence-corrected chi connectivity index (χ2v) is 7.63. The Balaban J connectivity index is 1.75. The molecule has 3 rings (SSSR count). The van der Waals surface area contributed by atoms with Crippen molar-refractivity contribution >= 4 is 23.2 Å². The Morgan fingerprint density at radius 1 is 1.00 bits per heavy atom. The summed E-state index contributed by atoms with van der Waals surface area (Å²) in [6.45, 7) is 0. The summed E-state index contributed by atoms with van der Waals surface area (Å²) in [4.78, 5) is 0. The van der Waals surface area contributed by atoms with Crippen LogP contribution in [-0.4, -0.2) is 7.05 Å². The summed E-state index contributed by atoms with van der Waals surface area (Å²) in [6, 6.07) is 6.50. The Hall–Kier alpha value is -0.240. The van der Waals surface area contributed by atoms with Crippen LogP contribution in [0.5, 0.6) is 0 Å². The minimum Gasteiger partial charge on any atom is -0.313 e. The van der Waals surface area contributed by atoms with Gasteiger partial charge in [0.2, 0.25) is 0 Å². The Morgan fingerprint density at radius 3 is 2.48 bits per heavy atom. The third-order valence-electron chi connectivity index (χ3n) is 5.67. The van der Waals surface area contributed by atoms with E-state index in [0.717, 1.165) is 17.8 Å². The standard InChI is InChI=1S/C18H25Cl2N/c1-21-18(15-8-9-16(19)17(20)11-15)14-7-6-12-4-2-3-5-13(12)10-14/h8-9,11-14,18,21H,2-7,10H2,1H3. The van der Waals surface area contributed by atoms with Crippen molar-refractivity contribution < 1.29 is 0 Å². The van der Waals surface area contributed by atoms with Crippen LogP contribution in [0.25, 0.3) is 0 Å². The van der Waals surface area contributed by atoms with Gasteiger partial charge in [0, 0.05) is 6.04 Å². The summed E-state index contributed by atoms with van der Waals surface area (Å²) >= 11 is 12.3. The number of hydrogen-bond donors (Lipinski definition) is 1. The van der Waals surface area contributed by atoms with Crippen molar-refractivity contribution in [2.75, 3.05) is 7.05 Å². The van der Waals surface area contributed by atoms with Crippen LogP contribution in [0.1, 0.15) is 56.6 Å². The molecule has 0 aliphatic heterocycles. The highest BCUT2D eigenvalue weighted by Gasteiger charge is 2.35. The monoisotopic (exact) mass is 325 g/mol. The molecule has 4 unspecified atom stereocenters. The molecule has 21 heavy (non-hydrogen) atoms. The van der Waals surface area contributed by atoms with E-state index in [-0.39, 0.29) is 0 Å². The molecule has 4 atom stereocenters. The van der Waals surface area contributed by atoms with Gasteiger partial charge in [-0.15, -0.1) is 0 Å². The van der Waals surface area contributed by atoms with Crippen LogP contribution < -0.4 is 5.32 Å². The molecule has 1 N–H and O–H groups in total. The maximum atomic E-state index is 6.20. The summed E-state index contributed by atoms with van der Waals surface area (Å²) in [5.41, 5.74) is 1.28. The summed E-state index contributed by atoms with van der Waals surface area (Å²) < 4.78 is 0. The maximum absolute atomic E-state index is 6.20. The number of halogens is 2. The first-order valence-electron chi connectivity index (χ1n) is 8.31. The molecule has 3 heteroatoms. The molecule has 2 saturated carbocycles. The number of hydrogen-bond acceptors (Lipinski definition) is 1. The molecule has 1 aromatic carbocycles. The van der Waals surface area contributed by atoms with Gasteiger partial charge in [-0.2, -0.15) is 0 Å². The second-order valence-electron chi connectivity index (χ2n) is 6.82. The summed E-state index contributed by atoms with van der Waals surface area (Å²) in [6.07, 6.45) is 9.92. The molecule has 2 aliphatic rings. The van der Waals surface area contributed by atoms with Crippen molar-refractivity contribution in [1.82, 2.24) is 5.32 Å². The molecule has 1 aromatic rings. The molecule has 2 aliphatic carbocycles. The fourth-order valence-electron chi connectivity index (χ4n) is 4.59. The highest BCUT2D eigenvalue weighted by Crippen LogP contribution is 2.46. The smallest absolute Gasteiger partial charge is 0.0595 e. The van der Waals surface area contributed by atoms with E-state index in [0.29, 0.717) is 16.1 Å². The molecule has 1 nitrogen and oxygen atoms in total. The predicted molar refractivity (Wildman–Crippen MR) is 91.1 cm³/mol. The van der Waals surface area contributed by atoms with Crippen LogP contribution in [0, 0.1) is 17.8 Å². The van der Waals surface area contributed by atoms with Crippen LogP contribution in [0.4, 0.5) is 0 Å². The van der Waals surface area contributed by atoms with E-state index in [1.165, 1.54) is 50.5 Å². The van der Waals surface area contributed by atoms with Crippen LogP contribution >= 0.6 is 23.2 Å². The first kappa shape index (κ1) is 15.6. The molecule has 0 amide bonds. The maximum Gasteiger partial charge on any atom is 0.0595 e. The molecule has 0 bridgehead atoms. The van der Waals surface area contributed by atoms with Gasteiger partial charge in [-0.25, -0.2) is 0 Å². The van der Waals surface area contributed by atoms with Gasteiger partial charge in [-0.05, 0) is 61.8 Å². The van der Waals surface area contributed by atoms with Crippen LogP contribution in [0.3, 0.4) is 0 Å². The van der Waals surface area contributed by atoms with Crippen molar-refractivity contribution in [3.63, 3.8) is 0 Å². The van der Waals surface area contributed by atoms with Gasteiger partial charge in [0.25, 0.3) is 0 Å². The first-order chi connectivity index (χ1) is 10.2. The minimum absolute atomic E-state index is 0.405. The lowest BCUT2D eigenvalue weighted by Crippen LogP contribution is -2.34. The van der Waals surface area contributed by atoms with Gasteiger partial charge in [-0.3, -0.25) is 0 Å². The summed E-state index contributed by atoms with van der Waals surface area (Å²) in [5, 5.41) is 4.84. The van der Waals surface area contributed by atoms with Gasteiger partial charge in [-0.1, -0.05) is 55.0 Å². The predicted octanol–water partition coefficient (Wildman–Crippen LogP) is 5.86. The van der Waals surface area contributed by atoms with Gasteiger partial charge in [0.15, 0.2) is 0 Å². The van der Waals surface area contributed by atoms with E-state index in [2.05, 4.69) is 18.4 Å². The zero-order valence-electron chi connectivity index (χ0n) is 12.7. The largest absolute Gasteiger partial charge is 0.313 e. The average Bonchev–Trinajstić information content (AvgIpc) is 2.51. The lowest BCUT2D eigenvalue weighted by Gasteiger charge is -2.42. The van der Waals surface area contributed by atoms with Crippen LogP contribution in [-0.2, 0) is 0 Å². The highest BCUT2D eigenvalue weighted by atomic mass is 35.5. The molecule has 0 aromatic heterocycles. The summed E-state index contributed by atoms with van der Waals surface area (Å²) in [5.74, 6) is 2.68. The number of fused-ring (bicyclic) bond motifs is 1. The van der Waals surface area contributed by atoms with Crippen molar-refractivity contribution in [1.29, 1.82) is 0 Å². The van der Waals surface area contributed by atoms with E-state index in [9.17, 15) is 0 Å². The van der Waals surface area contributed by atoms with Crippen molar-refractivity contribution in [2.24, 2.45) is 17.8 Å². The van der Waals surface area contributed by atoms with Crippen molar-refractivity contribution in [2.45, 2.75) is 51.0 Å². The molecule has 0 saturated heterocycles. The fraction of sp³-hybridized carbons (Fsp3) is 0.667. The highest BCUT2D eigenvalue weighted by molar-refractivity contribution is 6.42. The average molecular weight is 326 g/mol. The summed E-state index contributed by atoms with van der Waals surface area (Å²) in [7, 11) is 2.07. The second kappa shape index (κ2) is 6.89. The van der Waals surface area contributed by atoms with E-state index in [4.69, 9.17) is 23.2 Å². The third-order valence-corrected chi connectivity index (χ3v) is 6.40.